The summed E-state index contributed by atoms with van der Waals surface area (Å²) < 4.78 is 4.78. The summed E-state index contributed by atoms with van der Waals surface area (Å²) in [4.78, 5) is 1.64. The minimum atomic E-state index is 0.626. The molecule has 0 saturated carbocycles. The number of nitriles is 1. The van der Waals surface area contributed by atoms with E-state index < -0.39 is 0 Å². The summed E-state index contributed by atoms with van der Waals surface area (Å²) in [5.74, 6) is 0. The molecule has 9 heavy (non-hydrogen) atoms. The highest BCUT2D eigenvalue weighted by molar-refractivity contribution is 4.70. The predicted octanol–water partition coefficient (Wildman–Crippen LogP) is 0.436. The zero-order valence-corrected chi connectivity index (χ0v) is 5.92. The summed E-state index contributed by atoms with van der Waals surface area (Å²) in [6, 6.07) is 0. The van der Waals surface area contributed by atoms with Gasteiger partial charge in [0.1, 0.15) is 0 Å². The first kappa shape index (κ1) is 8.25. The summed E-state index contributed by atoms with van der Waals surface area (Å²) in [6.07, 6.45) is 2.04. The highest BCUT2D eigenvalue weighted by Crippen LogP contribution is 1.82. The summed E-state index contributed by atoms with van der Waals surface area (Å²) in [5.41, 5.74) is 0. The third kappa shape index (κ3) is 3.80. The lowest BCUT2D eigenvalue weighted by Crippen LogP contribution is -2.21. The molecule has 0 aromatic heterocycles. The fourth-order valence-corrected chi connectivity index (χ4v) is 0.480. The van der Waals surface area contributed by atoms with Crippen LogP contribution in [-0.2, 0) is 4.74 Å². The molecule has 0 N–H and O–H groups in total. The monoisotopic (exact) mass is 128 g/mol. The largest absolute Gasteiger partial charge is 0.383 e. The maximum atomic E-state index is 8.37. The Morgan fingerprint density at radius 1 is 1.67 bits per heavy atom. The second-order valence-corrected chi connectivity index (χ2v) is 1.67. The number of likely N-dealkylation sites (N-methyl/N-ethyl adjacent to an activating group) is 1. The first-order valence-electron chi connectivity index (χ1n) is 2.98. The molecule has 0 bridgehead atoms. The smallest absolute Gasteiger partial charge is 0.179 e. The highest BCUT2D eigenvalue weighted by Gasteiger charge is 1.94. The van der Waals surface area contributed by atoms with Gasteiger partial charge in [-0.2, -0.15) is 5.26 Å². The van der Waals surface area contributed by atoms with E-state index in [1.165, 1.54) is 0 Å². The zero-order chi connectivity index (χ0) is 7.11. The minimum absolute atomic E-state index is 0.626. The van der Waals surface area contributed by atoms with Crippen molar-refractivity contribution in [2.75, 3.05) is 26.8 Å². The van der Waals surface area contributed by atoms with E-state index in [0.717, 1.165) is 6.54 Å². The van der Waals surface area contributed by atoms with Crippen LogP contribution < -0.4 is 0 Å². The Bertz CT molecular complexity index is 97.7. The van der Waals surface area contributed by atoms with Crippen LogP contribution in [0.4, 0.5) is 0 Å². The van der Waals surface area contributed by atoms with Crippen molar-refractivity contribution in [2.24, 2.45) is 0 Å². The van der Waals surface area contributed by atoms with Gasteiger partial charge in [-0.3, -0.25) is 0 Å². The SMILES string of the molecule is CCN(C#N)CCOC. The molecule has 0 aliphatic heterocycles. The normalized spacial score (nSPS) is 8.56. The molecule has 0 saturated heterocycles. The fourth-order valence-electron chi connectivity index (χ4n) is 0.480. The molecule has 3 nitrogen and oxygen atoms in total. The molecule has 3 heteroatoms. The second-order valence-electron chi connectivity index (χ2n) is 1.67. The molecule has 0 unspecified atom stereocenters. The lowest BCUT2D eigenvalue weighted by molar-refractivity contribution is 0.174. The van der Waals surface area contributed by atoms with Crippen molar-refractivity contribution in [1.29, 1.82) is 5.26 Å². The summed E-state index contributed by atoms with van der Waals surface area (Å²) in [6.45, 7) is 4.03. The number of hydrogen-bond donors (Lipinski definition) is 0. The average Bonchev–Trinajstić information content (AvgIpc) is 1.91. The minimum Gasteiger partial charge on any atom is -0.383 e. The first-order valence-corrected chi connectivity index (χ1v) is 2.98. The van der Waals surface area contributed by atoms with Gasteiger partial charge in [0.2, 0.25) is 0 Å². The van der Waals surface area contributed by atoms with Crippen LogP contribution in [0.25, 0.3) is 0 Å². The predicted molar refractivity (Wildman–Crippen MR) is 34.7 cm³/mol. The summed E-state index contributed by atoms with van der Waals surface area (Å²) >= 11 is 0. The van der Waals surface area contributed by atoms with E-state index >= 15 is 0 Å². The maximum Gasteiger partial charge on any atom is 0.179 e. The van der Waals surface area contributed by atoms with Crippen LogP contribution in [-0.4, -0.2) is 31.7 Å². The van der Waals surface area contributed by atoms with Gasteiger partial charge in [0, 0.05) is 13.7 Å². The summed E-state index contributed by atoms with van der Waals surface area (Å²) in [5, 5.41) is 8.37. The van der Waals surface area contributed by atoms with E-state index in [2.05, 4.69) is 0 Å². The number of methoxy groups -OCH3 is 1. The first-order chi connectivity index (χ1) is 4.35. The molecule has 0 aliphatic carbocycles. The Morgan fingerprint density at radius 3 is 2.67 bits per heavy atom. The van der Waals surface area contributed by atoms with Gasteiger partial charge in [-0.25, -0.2) is 0 Å². The van der Waals surface area contributed by atoms with Crippen LogP contribution in [0, 0.1) is 11.5 Å². The Kier molecular flexibility index (Phi) is 4.94. The van der Waals surface area contributed by atoms with Crippen molar-refractivity contribution in [3.05, 3.63) is 0 Å². The average molecular weight is 128 g/mol. The van der Waals surface area contributed by atoms with Gasteiger partial charge in [-0.05, 0) is 6.92 Å². The Hall–Kier alpha value is -0.750. The third-order valence-electron chi connectivity index (χ3n) is 1.09. The molecule has 0 aromatic rings. The highest BCUT2D eigenvalue weighted by atomic mass is 16.5. The van der Waals surface area contributed by atoms with Crippen LogP contribution >= 0.6 is 0 Å². The van der Waals surface area contributed by atoms with Gasteiger partial charge < -0.3 is 9.64 Å². The quantitative estimate of drug-likeness (QED) is 0.407. The van der Waals surface area contributed by atoms with Gasteiger partial charge in [0.05, 0.1) is 13.2 Å². The van der Waals surface area contributed by atoms with E-state index in [9.17, 15) is 0 Å². The van der Waals surface area contributed by atoms with Crippen LogP contribution in [0.15, 0.2) is 0 Å². The molecule has 0 radical (unpaired) electrons. The van der Waals surface area contributed by atoms with Gasteiger partial charge in [0.25, 0.3) is 0 Å². The van der Waals surface area contributed by atoms with Crippen molar-refractivity contribution in [3.8, 4) is 6.19 Å². The lowest BCUT2D eigenvalue weighted by atomic mass is 10.5. The van der Waals surface area contributed by atoms with Crippen molar-refractivity contribution in [1.82, 2.24) is 4.90 Å². The Morgan fingerprint density at radius 2 is 2.33 bits per heavy atom. The van der Waals surface area contributed by atoms with Crippen molar-refractivity contribution < 1.29 is 4.74 Å². The molecule has 0 aliphatic rings. The van der Waals surface area contributed by atoms with Crippen LogP contribution in [0.5, 0.6) is 0 Å². The molecular weight excluding hydrogens is 116 g/mol. The Balaban J connectivity index is 3.23. The van der Waals surface area contributed by atoms with Crippen LogP contribution in [0.2, 0.25) is 0 Å². The van der Waals surface area contributed by atoms with Crippen molar-refractivity contribution in [3.63, 3.8) is 0 Å². The van der Waals surface area contributed by atoms with E-state index in [1.807, 2.05) is 13.1 Å². The summed E-state index contributed by atoms with van der Waals surface area (Å²) in [7, 11) is 1.63. The zero-order valence-electron chi connectivity index (χ0n) is 5.92. The van der Waals surface area contributed by atoms with E-state index in [0.29, 0.717) is 13.2 Å². The lowest BCUT2D eigenvalue weighted by Gasteiger charge is -2.10. The van der Waals surface area contributed by atoms with Gasteiger partial charge >= 0.3 is 0 Å². The van der Waals surface area contributed by atoms with E-state index in [1.54, 1.807) is 12.0 Å². The molecule has 0 amide bonds. The molecule has 0 atom stereocenters. The number of nitrogens with zero attached hydrogens (tertiary/aromatic N) is 2. The molecule has 52 valence electrons. The van der Waals surface area contributed by atoms with Crippen LogP contribution in [0.1, 0.15) is 6.92 Å². The number of ether oxygens (including phenoxy) is 1. The van der Waals surface area contributed by atoms with E-state index in [-0.39, 0.29) is 0 Å². The molecular formula is C6H12N2O. The van der Waals surface area contributed by atoms with Gasteiger partial charge in [0.15, 0.2) is 6.19 Å². The fraction of sp³-hybridized carbons (Fsp3) is 0.833. The van der Waals surface area contributed by atoms with Crippen molar-refractivity contribution >= 4 is 0 Å². The molecule has 0 heterocycles. The van der Waals surface area contributed by atoms with E-state index in [4.69, 9.17) is 10.00 Å². The molecule has 0 spiro atoms. The number of hydrogen-bond acceptors (Lipinski definition) is 3. The molecule has 0 rings (SSSR count). The van der Waals surface area contributed by atoms with Crippen molar-refractivity contribution in [2.45, 2.75) is 6.92 Å². The standard InChI is InChI=1S/C6H12N2O/c1-3-8(6-7)4-5-9-2/h3-5H2,1-2H3. The van der Waals surface area contributed by atoms with Gasteiger partial charge in [-0.1, -0.05) is 0 Å². The second kappa shape index (κ2) is 5.39. The topological polar surface area (TPSA) is 36.3 Å². The Labute approximate surface area is 55.8 Å². The maximum absolute atomic E-state index is 8.37. The molecule has 0 aromatic carbocycles. The third-order valence-corrected chi connectivity index (χ3v) is 1.09. The number of rotatable bonds is 4. The molecule has 0 fully saturated rings. The van der Waals surface area contributed by atoms with Gasteiger partial charge in [-0.15, -0.1) is 0 Å². The van der Waals surface area contributed by atoms with Crippen LogP contribution in [0.3, 0.4) is 0 Å².